The molecular formula is C40H77NO13. The van der Waals surface area contributed by atoms with Crippen LogP contribution >= 0.6 is 0 Å². The number of amides is 1. The monoisotopic (exact) mass is 780 g/mol. The molecule has 0 spiro atoms. The Bertz CT molecular complexity index is 930. The van der Waals surface area contributed by atoms with Crippen LogP contribution in [0.5, 0.6) is 0 Å². The van der Waals surface area contributed by atoms with E-state index < -0.39 is 86.8 Å². The smallest absolute Gasteiger partial charge is 0.220 e. The number of hydrogen-bond donors (Lipinski definition) is 9. The number of rotatable bonds is 31. The van der Waals surface area contributed by atoms with Crippen LogP contribution in [0.25, 0.3) is 0 Å². The Morgan fingerprint density at radius 2 is 1.06 bits per heavy atom. The summed E-state index contributed by atoms with van der Waals surface area (Å²) in [6.07, 6.45) is 7.02. The molecule has 2 aliphatic heterocycles. The largest absolute Gasteiger partial charge is 0.394 e. The van der Waals surface area contributed by atoms with Crippen molar-refractivity contribution in [2.45, 2.75) is 229 Å². The second-order valence-electron chi connectivity index (χ2n) is 15.5. The SMILES string of the molecule is CCCCCCCCCCCCC(=O)N[C@@H](CO[C@@H]1O[C@H](CO)[C@@H](O[C@@H]2O[C@H](CO)[C@H](O)C(O)C2O)C(O)C1O)[C@H](O)CCCCCCCCCCCC. The van der Waals surface area contributed by atoms with Crippen molar-refractivity contribution in [1.29, 1.82) is 0 Å². The Morgan fingerprint density at radius 3 is 1.57 bits per heavy atom. The van der Waals surface area contributed by atoms with Crippen molar-refractivity contribution in [1.82, 2.24) is 5.32 Å². The predicted octanol–water partition coefficient (Wildman–Crippen LogP) is 3.09. The maximum absolute atomic E-state index is 13.0. The molecule has 54 heavy (non-hydrogen) atoms. The van der Waals surface area contributed by atoms with Crippen molar-refractivity contribution in [3.63, 3.8) is 0 Å². The lowest BCUT2D eigenvalue weighted by molar-refractivity contribution is -0.359. The minimum absolute atomic E-state index is 0.211. The van der Waals surface area contributed by atoms with Gasteiger partial charge in [-0.15, -0.1) is 0 Å². The van der Waals surface area contributed by atoms with Gasteiger partial charge in [-0.3, -0.25) is 4.79 Å². The van der Waals surface area contributed by atoms with Gasteiger partial charge in [0, 0.05) is 6.42 Å². The number of unbranched alkanes of at least 4 members (excludes halogenated alkanes) is 18. The molecule has 0 aliphatic carbocycles. The van der Waals surface area contributed by atoms with Gasteiger partial charge in [-0.25, -0.2) is 0 Å². The Labute approximate surface area is 323 Å². The molecule has 2 saturated heterocycles. The summed E-state index contributed by atoms with van der Waals surface area (Å²) in [5.41, 5.74) is 0. The molecule has 2 aliphatic rings. The maximum Gasteiger partial charge on any atom is 0.220 e. The molecule has 0 aromatic rings. The van der Waals surface area contributed by atoms with Gasteiger partial charge >= 0.3 is 0 Å². The molecule has 0 aromatic heterocycles. The first kappa shape index (κ1) is 49.1. The van der Waals surface area contributed by atoms with Crippen molar-refractivity contribution in [3.05, 3.63) is 0 Å². The molecule has 4 unspecified atom stereocenters. The highest BCUT2D eigenvalue weighted by molar-refractivity contribution is 5.76. The summed E-state index contributed by atoms with van der Waals surface area (Å²) in [4.78, 5) is 13.0. The Balaban J connectivity index is 1.92. The third kappa shape index (κ3) is 18.1. The number of carbonyl (C=O) groups excluding carboxylic acids is 1. The molecule has 0 bridgehead atoms. The minimum Gasteiger partial charge on any atom is -0.394 e. The highest BCUT2D eigenvalue weighted by Crippen LogP contribution is 2.30. The van der Waals surface area contributed by atoms with E-state index in [1.54, 1.807) is 0 Å². The third-order valence-electron chi connectivity index (χ3n) is 10.8. The molecule has 1 amide bonds. The highest BCUT2D eigenvalue weighted by Gasteiger charge is 2.50. The number of aliphatic hydroxyl groups excluding tert-OH is 8. The first-order valence-electron chi connectivity index (χ1n) is 21.3. The van der Waals surface area contributed by atoms with Gasteiger partial charge in [-0.05, 0) is 12.8 Å². The molecule has 9 N–H and O–H groups in total. The van der Waals surface area contributed by atoms with Crippen molar-refractivity contribution in [2.24, 2.45) is 0 Å². The molecule has 2 rings (SSSR count). The van der Waals surface area contributed by atoms with Crippen molar-refractivity contribution < 1.29 is 64.6 Å². The Morgan fingerprint density at radius 1 is 0.593 bits per heavy atom. The van der Waals surface area contributed by atoms with Gasteiger partial charge in [-0.1, -0.05) is 136 Å². The van der Waals surface area contributed by atoms with Gasteiger partial charge in [0.05, 0.1) is 32.0 Å². The summed E-state index contributed by atoms with van der Waals surface area (Å²) in [5, 5.41) is 86.3. The van der Waals surface area contributed by atoms with Crippen LogP contribution in [-0.2, 0) is 23.7 Å². The predicted molar refractivity (Wildman–Crippen MR) is 203 cm³/mol. The zero-order valence-corrected chi connectivity index (χ0v) is 33.2. The number of carbonyl (C=O) groups is 1. The standard InChI is InChI=1S/C40H77NO13/c1-3-5-7-9-11-13-15-17-19-21-23-29(44)28(41-32(45)24-22-20-18-16-14-12-10-8-6-4-2)27-51-39-37(50)35(48)38(31(26-43)53-39)54-40-36(49)34(47)33(46)30(25-42)52-40/h28-31,33-40,42-44,46-50H,3-27H2,1-2H3,(H,41,45)/t28-,29+,30+,31+,33-,34?,35?,36?,37?,38+,39+,40-/m0/s1. The van der Waals surface area contributed by atoms with E-state index in [-0.39, 0.29) is 12.5 Å². The lowest BCUT2D eigenvalue weighted by atomic mass is 9.97. The first-order valence-corrected chi connectivity index (χ1v) is 21.3. The lowest BCUT2D eigenvalue weighted by Crippen LogP contribution is -2.65. The maximum atomic E-state index is 13.0. The van der Waals surface area contributed by atoms with Crippen LogP contribution < -0.4 is 5.32 Å². The number of hydrogen-bond acceptors (Lipinski definition) is 13. The normalized spacial score (nSPS) is 30.0. The zero-order valence-electron chi connectivity index (χ0n) is 33.2. The zero-order chi connectivity index (χ0) is 39.7. The van der Waals surface area contributed by atoms with E-state index in [4.69, 9.17) is 18.9 Å². The van der Waals surface area contributed by atoms with Gasteiger partial charge in [0.15, 0.2) is 12.6 Å². The summed E-state index contributed by atoms with van der Waals surface area (Å²) in [6.45, 7) is 2.78. The summed E-state index contributed by atoms with van der Waals surface area (Å²) in [6, 6.07) is -0.817. The molecule has 14 heteroatoms. The van der Waals surface area contributed by atoms with Gasteiger partial charge in [0.1, 0.15) is 48.8 Å². The van der Waals surface area contributed by atoms with Crippen molar-refractivity contribution in [3.8, 4) is 0 Å². The highest BCUT2D eigenvalue weighted by atomic mass is 16.7. The van der Waals surface area contributed by atoms with E-state index in [1.165, 1.54) is 77.0 Å². The average Bonchev–Trinajstić information content (AvgIpc) is 3.17. The fourth-order valence-electron chi connectivity index (χ4n) is 7.23. The lowest BCUT2D eigenvalue weighted by Gasteiger charge is -2.46. The van der Waals surface area contributed by atoms with Gasteiger partial charge in [0.25, 0.3) is 0 Å². The van der Waals surface area contributed by atoms with Crippen LogP contribution in [0.2, 0.25) is 0 Å². The van der Waals surface area contributed by atoms with E-state index in [2.05, 4.69) is 19.2 Å². The third-order valence-corrected chi connectivity index (χ3v) is 10.8. The fourth-order valence-corrected chi connectivity index (χ4v) is 7.23. The molecule has 0 radical (unpaired) electrons. The van der Waals surface area contributed by atoms with Crippen molar-refractivity contribution >= 4 is 5.91 Å². The van der Waals surface area contributed by atoms with E-state index in [9.17, 15) is 45.6 Å². The summed E-state index contributed by atoms with van der Waals surface area (Å²) in [7, 11) is 0. The van der Waals surface area contributed by atoms with Crippen LogP contribution in [0.4, 0.5) is 0 Å². The minimum atomic E-state index is -1.78. The summed E-state index contributed by atoms with van der Waals surface area (Å²) >= 11 is 0. The Kier molecular flexibility index (Phi) is 26.6. The molecular weight excluding hydrogens is 702 g/mol. The topological polar surface area (TPSA) is 228 Å². The van der Waals surface area contributed by atoms with Crippen LogP contribution in [0.3, 0.4) is 0 Å². The van der Waals surface area contributed by atoms with Gasteiger partial charge < -0.3 is 65.1 Å². The number of nitrogens with one attached hydrogen (secondary N) is 1. The van der Waals surface area contributed by atoms with Gasteiger partial charge in [0.2, 0.25) is 5.91 Å². The van der Waals surface area contributed by atoms with Gasteiger partial charge in [-0.2, -0.15) is 0 Å². The number of ether oxygens (including phenoxy) is 4. The van der Waals surface area contributed by atoms with E-state index in [1.807, 2.05) is 0 Å². The molecule has 0 aromatic carbocycles. The van der Waals surface area contributed by atoms with Crippen molar-refractivity contribution in [2.75, 3.05) is 19.8 Å². The summed E-state index contributed by atoms with van der Waals surface area (Å²) in [5.74, 6) is -0.211. The quantitative estimate of drug-likeness (QED) is 0.0462. The van der Waals surface area contributed by atoms with E-state index in [0.29, 0.717) is 12.8 Å². The number of aliphatic hydroxyl groups is 8. The molecule has 0 saturated carbocycles. The average molecular weight is 780 g/mol. The molecule has 12 atom stereocenters. The molecule has 14 nitrogen and oxygen atoms in total. The second kappa shape index (κ2) is 29.2. The Hall–Kier alpha value is -1.01. The molecule has 2 heterocycles. The van der Waals surface area contributed by atoms with Crippen LogP contribution in [-0.4, -0.2) is 140 Å². The van der Waals surface area contributed by atoms with Crippen LogP contribution in [0.15, 0.2) is 0 Å². The van der Waals surface area contributed by atoms with E-state index in [0.717, 1.165) is 51.4 Å². The molecule has 320 valence electrons. The van der Waals surface area contributed by atoms with E-state index >= 15 is 0 Å². The fraction of sp³-hybridized carbons (Fsp3) is 0.975. The van der Waals surface area contributed by atoms with Crippen LogP contribution in [0.1, 0.15) is 155 Å². The van der Waals surface area contributed by atoms with Crippen LogP contribution in [0, 0.1) is 0 Å². The summed E-state index contributed by atoms with van der Waals surface area (Å²) < 4.78 is 22.6. The first-order chi connectivity index (χ1) is 26.1. The molecule has 2 fully saturated rings. The second-order valence-corrected chi connectivity index (χ2v) is 15.5.